The van der Waals surface area contributed by atoms with Gasteiger partial charge in [0, 0.05) is 25.8 Å². The second-order valence-corrected chi connectivity index (χ2v) is 4.23. The van der Waals surface area contributed by atoms with E-state index >= 15 is 0 Å². The van der Waals surface area contributed by atoms with Crippen molar-refractivity contribution in [2.75, 3.05) is 18.5 Å². The minimum atomic E-state index is 0.540. The van der Waals surface area contributed by atoms with Crippen LogP contribution in [0.15, 0.2) is 12.4 Å². The Morgan fingerprint density at radius 1 is 1.24 bits per heavy atom. The number of rotatable bonds is 7. The third-order valence-corrected chi connectivity index (χ3v) is 3.08. The Morgan fingerprint density at radius 3 is 2.53 bits per heavy atom. The van der Waals surface area contributed by atoms with Gasteiger partial charge in [-0.15, -0.1) is 0 Å². The van der Waals surface area contributed by atoms with Crippen molar-refractivity contribution in [3.05, 3.63) is 18.1 Å². The van der Waals surface area contributed by atoms with Crippen molar-refractivity contribution < 1.29 is 0 Å². The van der Waals surface area contributed by atoms with Crippen LogP contribution in [0.4, 0.5) is 5.82 Å². The SMILES string of the molecule is CCNCc1cncc(N(C)C(CC)CC)n1. The average Bonchev–Trinajstić information content (AvgIpc) is 2.38. The number of anilines is 1. The van der Waals surface area contributed by atoms with Gasteiger partial charge in [0.05, 0.1) is 11.9 Å². The molecule has 0 atom stereocenters. The summed E-state index contributed by atoms with van der Waals surface area (Å²) in [6, 6.07) is 0.540. The molecule has 4 nitrogen and oxygen atoms in total. The lowest BCUT2D eigenvalue weighted by molar-refractivity contribution is 0.584. The maximum Gasteiger partial charge on any atom is 0.147 e. The molecule has 1 aromatic rings. The predicted octanol–water partition coefficient (Wildman–Crippen LogP) is 2.21. The maximum atomic E-state index is 4.63. The van der Waals surface area contributed by atoms with Crippen molar-refractivity contribution in [3.8, 4) is 0 Å². The number of hydrogen-bond donors (Lipinski definition) is 1. The summed E-state index contributed by atoms with van der Waals surface area (Å²) < 4.78 is 0. The van der Waals surface area contributed by atoms with Gasteiger partial charge in [0.2, 0.25) is 0 Å². The third-order valence-electron chi connectivity index (χ3n) is 3.08. The van der Waals surface area contributed by atoms with Crippen molar-refractivity contribution in [1.29, 1.82) is 0 Å². The minimum absolute atomic E-state index is 0.540. The van der Waals surface area contributed by atoms with E-state index in [-0.39, 0.29) is 0 Å². The highest BCUT2D eigenvalue weighted by Gasteiger charge is 2.12. The van der Waals surface area contributed by atoms with Crippen LogP contribution in [-0.4, -0.2) is 29.6 Å². The Kier molecular flexibility index (Phi) is 5.91. The van der Waals surface area contributed by atoms with Crippen LogP contribution in [0.1, 0.15) is 39.3 Å². The van der Waals surface area contributed by atoms with Gasteiger partial charge >= 0.3 is 0 Å². The summed E-state index contributed by atoms with van der Waals surface area (Å²) in [6.45, 7) is 8.25. The number of nitrogens with zero attached hydrogens (tertiary/aromatic N) is 3. The van der Waals surface area contributed by atoms with Gasteiger partial charge in [0.1, 0.15) is 5.82 Å². The fourth-order valence-corrected chi connectivity index (χ4v) is 1.93. The molecule has 0 aliphatic heterocycles. The minimum Gasteiger partial charge on any atom is -0.355 e. The van der Waals surface area contributed by atoms with Crippen LogP contribution >= 0.6 is 0 Å². The molecule has 1 rings (SSSR count). The summed E-state index contributed by atoms with van der Waals surface area (Å²) in [6.07, 6.45) is 5.93. The summed E-state index contributed by atoms with van der Waals surface area (Å²) >= 11 is 0. The highest BCUT2D eigenvalue weighted by molar-refractivity contribution is 5.36. The van der Waals surface area contributed by atoms with Crippen LogP contribution in [0.2, 0.25) is 0 Å². The van der Waals surface area contributed by atoms with E-state index in [1.807, 2.05) is 12.4 Å². The molecule has 0 aromatic carbocycles. The first kappa shape index (κ1) is 13.9. The summed E-state index contributed by atoms with van der Waals surface area (Å²) in [7, 11) is 2.10. The molecule has 1 N–H and O–H groups in total. The Hall–Kier alpha value is -1.16. The van der Waals surface area contributed by atoms with Crippen molar-refractivity contribution >= 4 is 5.82 Å². The number of nitrogens with one attached hydrogen (secondary N) is 1. The molecule has 0 fully saturated rings. The fraction of sp³-hybridized carbons (Fsp3) is 0.692. The van der Waals surface area contributed by atoms with Crippen LogP contribution in [0.25, 0.3) is 0 Å². The van der Waals surface area contributed by atoms with Gasteiger partial charge in [0.25, 0.3) is 0 Å². The molecule has 0 bridgehead atoms. The molecule has 0 saturated heterocycles. The standard InChI is InChI=1S/C13H24N4/c1-5-12(6-2)17(4)13-10-15-9-11(16-13)8-14-7-3/h9-10,12,14H,5-8H2,1-4H3. The Labute approximate surface area is 104 Å². The first-order chi connectivity index (χ1) is 8.22. The second-order valence-electron chi connectivity index (χ2n) is 4.23. The lowest BCUT2D eigenvalue weighted by Crippen LogP contribution is -2.31. The summed E-state index contributed by atoms with van der Waals surface area (Å²) in [5.74, 6) is 0.967. The van der Waals surface area contributed by atoms with Gasteiger partial charge in [-0.25, -0.2) is 4.98 Å². The zero-order valence-electron chi connectivity index (χ0n) is 11.4. The van der Waals surface area contributed by atoms with E-state index in [9.17, 15) is 0 Å². The lowest BCUT2D eigenvalue weighted by Gasteiger charge is -2.27. The highest BCUT2D eigenvalue weighted by Crippen LogP contribution is 2.15. The molecule has 4 heteroatoms. The topological polar surface area (TPSA) is 41.1 Å². The molecule has 0 radical (unpaired) electrons. The Balaban J connectivity index is 2.75. The molecular formula is C13H24N4. The van der Waals surface area contributed by atoms with Crippen molar-refractivity contribution in [2.24, 2.45) is 0 Å². The average molecular weight is 236 g/mol. The summed E-state index contributed by atoms with van der Waals surface area (Å²) in [5, 5.41) is 3.27. The van der Waals surface area contributed by atoms with Gasteiger partial charge in [-0.1, -0.05) is 20.8 Å². The molecule has 0 saturated carbocycles. The molecular weight excluding hydrogens is 212 g/mol. The summed E-state index contributed by atoms with van der Waals surface area (Å²) in [5.41, 5.74) is 1.00. The van der Waals surface area contributed by atoms with Gasteiger partial charge < -0.3 is 10.2 Å². The Bertz CT molecular complexity index is 323. The number of hydrogen-bond acceptors (Lipinski definition) is 4. The largest absolute Gasteiger partial charge is 0.355 e. The third kappa shape index (κ3) is 3.97. The van der Waals surface area contributed by atoms with Crippen LogP contribution < -0.4 is 10.2 Å². The van der Waals surface area contributed by atoms with E-state index in [2.05, 4.69) is 48.0 Å². The summed E-state index contributed by atoms with van der Waals surface area (Å²) in [4.78, 5) is 11.1. The van der Waals surface area contributed by atoms with Crippen molar-refractivity contribution in [3.63, 3.8) is 0 Å². The van der Waals surface area contributed by atoms with Crippen LogP contribution in [0.5, 0.6) is 0 Å². The van der Waals surface area contributed by atoms with E-state index in [1.165, 1.54) is 0 Å². The van der Waals surface area contributed by atoms with Crippen LogP contribution in [0.3, 0.4) is 0 Å². The van der Waals surface area contributed by atoms with Crippen LogP contribution in [-0.2, 0) is 6.54 Å². The molecule has 0 spiro atoms. The van der Waals surface area contributed by atoms with Gasteiger partial charge in [-0.2, -0.15) is 0 Å². The van der Waals surface area contributed by atoms with E-state index < -0.39 is 0 Å². The van der Waals surface area contributed by atoms with Crippen molar-refractivity contribution in [2.45, 2.75) is 46.2 Å². The second kappa shape index (κ2) is 7.22. The molecule has 17 heavy (non-hydrogen) atoms. The first-order valence-corrected chi connectivity index (χ1v) is 6.47. The monoisotopic (exact) mass is 236 g/mol. The Morgan fingerprint density at radius 2 is 1.94 bits per heavy atom. The van der Waals surface area contributed by atoms with Crippen molar-refractivity contribution in [1.82, 2.24) is 15.3 Å². The molecule has 1 aromatic heterocycles. The van der Waals surface area contributed by atoms with E-state index in [4.69, 9.17) is 0 Å². The zero-order valence-corrected chi connectivity index (χ0v) is 11.4. The van der Waals surface area contributed by atoms with Gasteiger partial charge in [-0.05, 0) is 19.4 Å². The first-order valence-electron chi connectivity index (χ1n) is 6.47. The molecule has 96 valence electrons. The normalized spacial score (nSPS) is 10.9. The predicted molar refractivity (Wildman–Crippen MR) is 72.2 cm³/mol. The van der Waals surface area contributed by atoms with Gasteiger partial charge in [0.15, 0.2) is 0 Å². The zero-order chi connectivity index (χ0) is 12.7. The van der Waals surface area contributed by atoms with Crippen LogP contribution in [0, 0.1) is 0 Å². The molecule has 0 amide bonds. The lowest BCUT2D eigenvalue weighted by atomic mass is 10.1. The molecule has 0 aliphatic rings. The fourth-order valence-electron chi connectivity index (χ4n) is 1.93. The quantitative estimate of drug-likeness (QED) is 0.788. The molecule has 1 heterocycles. The maximum absolute atomic E-state index is 4.63. The smallest absolute Gasteiger partial charge is 0.147 e. The highest BCUT2D eigenvalue weighted by atomic mass is 15.2. The molecule has 0 aliphatic carbocycles. The molecule has 0 unspecified atom stereocenters. The van der Waals surface area contributed by atoms with E-state index in [1.54, 1.807) is 0 Å². The number of aromatic nitrogens is 2. The van der Waals surface area contributed by atoms with Gasteiger partial charge in [-0.3, -0.25) is 4.98 Å². The van der Waals surface area contributed by atoms with E-state index in [0.29, 0.717) is 6.04 Å². The van der Waals surface area contributed by atoms with E-state index in [0.717, 1.165) is 37.4 Å².